The summed E-state index contributed by atoms with van der Waals surface area (Å²) in [5.41, 5.74) is -0.150. The van der Waals surface area contributed by atoms with Crippen LogP contribution < -0.4 is 14.8 Å². The van der Waals surface area contributed by atoms with Gasteiger partial charge in [0.2, 0.25) is 5.75 Å². The standard InChI is InChI=1S/C20H30N2O6/c1-11(2)10-13(5)27-20(25)14(6)22-18(23)16-17(28-19(24)12(3)4)15(26-7)8-9-21-16/h8-9,11-14H,10H2,1-7H3,(H,22,23). The van der Waals surface area contributed by atoms with E-state index in [0.29, 0.717) is 5.92 Å². The summed E-state index contributed by atoms with van der Waals surface area (Å²) in [4.78, 5) is 40.8. The Morgan fingerprint density at radius 2 is 1.71 bits per heavy atom. The van der Waals surface area contributed by atoms with Crippen molar-refractivity contribution in [1.82, 2.24) is 10.3 Å². The number of nitrogens with one attached hydrogen (secondary N) is 1. The van der Waals surface area contributed by atoms with Crippen molar-refractivity contribution < 1.29 is 28.6 Å². The van der Waals surface area contributed by atoms with Crippen LogP contribution in [-0.4, -0.2) is 42.1 Å². The topological polar surface area (TPSA) is 104 Å². The molecule has 1 aromatic rings. The maximum atomic E-state index is 12.6. The van der Waals surface area contributed by atoms with Crippen LogP contribution >= 0.6 is 0 Å². The molecule has 8 nitrogen and oxygen atoms in total. The van der Waals surface area contributed by atoms with Crippen molar-refractivity contribution in [3.05, 3.63) is 18.0 Å². The molecule has 0 saturated heterocycles. The lowest BCUT2D eigenvalue weighted by Gasteiger charge is -2.19. The number of ether oxygens (including phenoxy) is 3. The summed E-state index contributed by atoms with van der Waals surface area (Å²) in [6.45, 7) is 10.7. The van der Waals surface area contributed by atoms with E-state index in [-0.39, 0.29) is 23.3 Å². The van der Waals surface area contributed by atoms with Crippen LogP contribution in [0.2, 0.25) is 0 Å². The summed E-state index contributed by atoms with van der Waals surface area (Å²) in [5.74, 6) is -1.68. The summed E-state index contributed by atoms with van der Waals surface area (Å²) in [5, 5.41) is 2.53. The number of esters is 2. The molecule has 0 aliphatic rings. The molecule has 1 amide bonds. The Balaban J connectivity index is 2.93. The van der Waals surface area contributed by atoms with Crippen LogP contribution in [0.3, 0.4) is 0 Å². The first-order valence-corrected chi connectivity index (χ1v) is 9.32. The summed E-state index contributed by atoms with van der Waals surface area (Å²) in [6, 6.07) is 0.578. The van der Waals surface area contributed by atoms with Gasteiger partial charge in [-0.15, -0.1) is 0 Å². The zero-order valence-corrected chi connectivity index (χ0v) is 17.6. The van der Waals surface area contributed by atoms with E-state index in [0.717, 1.165) is 6.42 Å². The first-order chi connectivity index (χ1) is 13.1. The fourth-order valence-electron chi connectivity index (χ4n) is 2.41. The molecule has 2 atom stereocenters. The molecule has 0 aliphatic heterocycles. The van der Waals surface area contributed by atoms with Gasteiger partial charge in [0.15, 0.2) is 11.4 Å². The van der Waals surface area contributed by atoms with Gasteiger partial charge in [0, 0.05) is 12.3 Å². The second-order valence-corrected chi connectivity index (χ2v) is 7.34. The number of amides is 1. The molecule has 2 unspecified atom stereocenters. The zero-order valence-electron chi connectivity index (χ0n) is 17.6. The van der Waals surface area contributed by atoms with Gasteiger partial charge in [-0.25, -0.2) is 9.78 Å². The van der Waals surface area contributed by atoms with Crippen LogP contribution in [0.5, 0.6) is 11.5 Å². The summed E-state index contributed by atoms with van der Waals surface area (Å²) >= 11 is 0. The Morgan fingerprint density at radius 1 is 1.07 bits per heavy atom. The third-order valence-corrected chi connectivity index (χ3v) is 3.80. The van der Waals surface area contributed by atoms with E-state index in [4.69, 9.17) is 14.2 Å². The minimum absolute atomic E-state index is 0.0880. The molecule has 1 N–H and O–H groups in total. The van der Waals surface area contributed by atoms with E-state index < -0.39 is 29.8 Å². The molecule has 28 heavy (non-hydrogen) atoms. The van der Waals surface area contributed by atoms with Gasteiger partial charge < -0.3 is 19.5 Å². The molecule has 1 heterocycles. The molecular weight excluding hydrogens is 364 g/mol. The van der Waals surface area contributed by atoms with Crippen LogP contribution in [0.4, 0.5) is 0 Å². The second kappa shape index (κ2) is 10.6. The molecule has 0 saturated carbocycles. The Kier molecular flexibility index (Phi) is 8.88. The predicted octanol–water partition coefficient (Wildman–Crippen LogP) is 2.75. The van der Waals surface area contributed by atoms with E-state index in [1.165, 1.54) is 26.3 Å². The number of aromatic nitrogens is 1. The molecule has 0 spiro atoms. The van der Waals surface area contributed by atoms with Crippen molar-refractivity contribution in [3.8, 4) is 11.5 Å². The largest absolute Gasteiger partial charge is 0.493 e. The smallest absolute Gasteiger partial charge is 0.328 e. The lowest BCUT2D eigenvalue weighted by molar-refractivity contribution is -0.150. The number of methoxy groups -OCH3 is 1. The average Bonchev–Trinajstić information content (AvgIpc) is 2.60. The van der Waals surface area contributed by atoms with Gasteiger partial charge in [-0.05, 0) is 26.2 Å². The van der Waals surface area contributed by atoms with Crippen LogP contribution in [-0.2, 0) is 14.3 Å². The van der Waals surface area contributed by atoms with Crippen molar-refractivity contribution in [2.24, 2.45) is 11.8 Å². The van der Waals surface area contributed by atoms with Crippen molar-refractivity contribution in [2.45, 2.75) is 60.1 Å². The molecule has 0 bridgehead atoms. The molecule has 8 heteroatoms. The normalized spacial score (nSPS) is 13.0. The average molecular weight is 394 g/mol. The molecule has 1 rings (SSSR count). The SMILES string of the molecule is COc1ccnc(C(=O)NC(C)C(=O)OC(C)CC(C)C)c1OC(=O)C(C)C. The fourth-order valence-corrected chi connectivity index (χ4v) is 2.41. The first kappa shape index (κ1) is 23.4. The van der Waals surface area contributed by atoms with Gasteiger partial charge in [-0.2, -0.15) is 0 Å². The monoisotopic (exact) mass is 394 g/mol. The van der Waals surface area contributed by atoms with Gasteiger partial charge in [0.1, 0.15) is 6.04 Å². The molecule has 156 valence electrons. The van der Waals surface area contributed by atoms with Crippen LogP contribution in [0.15, 0.2) is 12.3 Å². The Bertz CT molecular complexity index is 702. The number of carbonyl (C=O) groups is 3. The Labute approximate surface area is 166 Å². The quantitative estimate of drug-likeness (QED) is 0.642. The highest BCUT2D eigenvalue weighted by Gasteiger charge is 2.26. The molecule has 0 radical (unpaired) electrons. The van der Waals surface area contributed by atoms with E-state index in [2.05, 4.69) is 10.3 Å². The summed E-state index contributed by atoms with van der Waals surface area (Å²) < 4.78 is 15.8. The number of carbonyl (C=O) groups excluding carboxylic acids is 3. The Hall–Kier alpha value is -2.64. The highest BCUT2D eigenvalue weighted by Crippen LogP contribution is 2.30. The number of nitrogens with zero attached hydrogens (tertiary/aromatic N) is 1. The molecule has 0 aromatic carbocycles. The molecule has 0 fully saturated rings. The van der Waals surface area contributed by atoms with Gasteiger partial charge in [0.05, 0.1) is 19.1 Å². The third kappa shape index (κ3) is 6.83. The maximum Gasteiger partial charge on any atom is 0.328 e. The highest BCUT2D eigenvalue weighted by molar-refractivity contribution is 5.98. The fraction of sp³-hybridized carbons (Fsp3) is 0.600. The minimum Gasteiger partial charge on any atom is -0.493 e. The summed E-state index contributed by atoms with van der Waals surface area (Å²) in [7, 11) is 1.39. The van der Waals surface area contributed by atoms with Crippen molar-refractivity contribution in [2.75, 3.05) is 7.11 Å². The van der Waals surface area contributed by atoms with Gasteiger partial charge in [0.25, 0.3) is 5.91 Å². The summed E-state index contributed by atoms with van der Waals surface area (Å²) in [6.07, 6.45) is 1.82. The van der Waals surface area contributed by atoms with Gasteiger partial charge in [-0.3, -0.25) is 9.59 Å². The lowest BCUT2D eigenvalue weighted by atomic mass is 10.1. The Morgan fingerprint density at radius 3 is 2.25 bits per heavy atom. The van der Waals surface area contributed by atoms with Crippen LogP contribution in [0.1, 0.15) is 58.5 Å². The number of hydrogen-bond donors (Lipinski definition) is 1. The maximum absolute atomic E-state index is 12.6. The third-order valence-electron chi connectivity index (χ3n) is 3.80. The number of pyridine rings is 1. The molecule has 1 aromatic heterocycles. The van der Waals surface area contributed by atoms with Crippen molar-refractivity contribution in [3.63, 3.8) is 0 Å². The molecular formula is C20H30N2O6. The van der Waals surface area contributed by atoms with Crippen LogP contribution in [0, 0.1) is 11.8 Å². The lowest BCUT2D eigenvalue weighted by Crippen LogP contribution is -2.41. The second-order valence-electron chi connectivity index (χ2n) is 7.34. The zero-order chi connectivity index (χ0) is 21.4. The number of rotatable bonds is 9. The number of hydrogen-bond acceptors (Lipinski definition) is 7. The van der Waals surface area contributed by atoms with Gasteiger partial charge in [-0.1, -0.05) is 27.7 Å². The van der Waals surface area contributed by atoms with Crippen molar-refractivity contribution >= 4 is 17.8 Å². The minimum atomic E-state index is -0.899. The highest BCUT2D eigenvalue weighted by atomic mass is 16.6. The van der Waals surface area contributed by atoms with E-state index >= 15 is 0 Å². The van der Waals surface area contributed by atoms with E-state index in [1.807, 2.05) is 13.8 Å². The predicted molar refractivity (Wildman–Crippen MR) is 103 cm³/mol. The van der Waals surface area contributed by atoms with E-state index in [1.54, 1.807) is 20.8 Å². The van der Waals surface area contributed by atoms with E-state index in [9.17, 15) is 14.4 Å². The van der Waals surface area contributed by atoms with Crippen molar-refractivity contribution in [1.29, 1.82) is 0 Å². The van der Waals surface area contributed by atoms with Gasteiger partial charge >= 0.3 is 11.9 Å². The first-order valence-electron chi connectivity index (χ1n) is 9.32. The molecule has 0 aliphatic carbocycles. The van der Waals surface area contributed by atoms with Crippen LogP contribution in [0.25, 0.3) is 0 Å².